The molecular weight excluding hydrogens is 204 g/mol. The lowest BCUT2D eigenvalue weighted by atomic mass is 9.96. The van der Waals surface area contributed by atoms with Crippen LogP contribution < -0.4 is 0 Å². The first kappa shape index (κ1) is 13.5. The van der Waals surface area contributed by atoms with Gasteiger partial charge in [0.15, 0.2) is 0 Å². The summed E-state index contributed by atoms with van der Waals surface area (Å²) in [6.45, 7) is 4.40. The number of carboxylic acids is 1. The van der Waals surface area contributed by atoms with Crippen molar-refractivity contribution in [2.75, 3.05) is 40.3 Å². The zero-order valence-corrected chi connectivity index (χ0v) is 10.5. The summed E-state index contributed by atoms with van der Waals surface area (Å²) in [5.74, 6) is 0.146. The average molecular weight is 228 g/mol. The molecule has 1 N–H and O–H groups in total. The molecule has 1 aliphatic rings. The molecule has 0 aliphatic carbocycles. The predicted molar refractivity (Wildman–Crippen MR) is 64.6 cm³/mol. The van der Waals surface area contributed by atoms with Gasteiger partial charge in [-0.15, -0.1) is 0 Å². The minimum absolute atomic E-state index is 0.303. The quantitative estimate of drug-likeness (QED) is 0.740. The van der Waals surface area contributed by atoms with Crippen LogP contribution in [0.1, 0.15) is 25.7 Å². The van der Waals surface area contributed by atoms with Crippen LogP contribution in [0.4, 0.5) is 0 Å². The minimum Gasteiger partial charge on any atom is -0.481 e. The summed E-state index contributed by atoms with van der Waals surface area (Å²) in [4.78, 5) is 15.0. The summed E-state index contributed by atoms with van der Waals surface area (Å²) in [6.07, 6.45) is 3.60. The number of nitrogens with zero attached hydrogens (tertiary/aromatic N) is 2. The molecule has 1 saturated heterocycles. The van der Waals surface area contributed by atoms with E-state index in [-0.39, 0.29) is 0 Å². The molecule has 4 heteroatoms. The molecule has 0 amide bonds. The summed E-state index contributed by atoms with van der Waals surface area (Å²) in [5.41, 5.74) is 0. The lowest BCUT2D eigenvalue weighted by Gasteiger charge is -2.33. The van der Waals surface area contributed by atoms with E-state index in [1.807, 2.05) is 0 Å². The van der Waals surface area contributed by atoms with Crippen LogP contribution in [0.15, 0.2) is 0 Å². The van der Waals surface area contributed by atoms with Crippen LogP contribution in [0.25, 0.3) is 0 Å². The van der Waals surface area contributed by atoms with Crippen LogP contribution in [-0.2, 0) is 4.79 Å². The van der Waals surface area contributed by atoms with Crippen LogP contribution in [0.3, 0.4) is 0 Å². The molecule has 0 aromatic rings. The molecule has 4 nitrogen and oxygen atoms in total. The number of hydrogen-bond donors (Lipinski definition) is 1. The lowest BCUT2D eigenvalue weighted by Crippen LogP contribution is -2.37. The first-order chi connectivity index (χ1) is 7.58. The van der Waals surface area contributed by atoms with E-state index in [4.69, 9.17) is 5.11 Å². The van der Waals surface area contributed by atoms with Gasteiger partial charge >= 0.3 is 5.97 Å². The molecular formula is C12H24N2O2. The third kappa shape index (κ3) is 5.47. The maximum Gasteiger partial charge on any atom is 0.303 e. The average Bonchev–Trinajstić information content (AvgIpc) is 2.19. The molecule has 0 radical (unpaired) electrons. The third-order valence-corrected chi connectivity index (χ3v) is 3.20. The van der Waals surface area contributed by atoms with Gasteiger partial charge in [0, 0.05) is 13.0 Å². The van der Waals surface area contributed by atoms with Crippen molar-refractivity contribution in [2.45, 2.75) is 25.7 Å². The molecule has 1 rings (SSSR count). The standard InChI is InChI=1S/C12H24N2O2/c1-13(2)10-11-5-8-14(9-6-11)7-3-4-12(15)16/h11H,3-10H2,1-2H3,(H,15,16). The third-order valence-electron chi connectivity index (χ3n) is 3.20. The Balaban J connectivity index is 2.09. The Hall–Kier alpha value is -0.610. The van der Waals surface area contributed by atoms with Crippen LogP contribution in [0, 0.1) is 5.92 Å². The van der Waals surface area contributed by atoms with E-state index in [2.05, 4.69) is 23.9 Å². The molecule has 0 aromatic heterocycles. The molecule has 0 saturated carbocycles. The van der Waals surface area contributed by atoms with E-state index in [0.717, 1.165) is 32.0 Å². The van der Waals surface area contributed by atoms with Gasteiger partial charge in [0.2, 0.25) is 0 Å². The lowest BCUT2D eigenvalue weighted by molar-refractivity contribution is -0.137. The van der Waals surface area contributed by atoms with Crippen LogP contribution in [0.2, 0.25) is 0 Å². The van der Waals surface area contributed by atoms with Crippen molar-refractivity contribution >= 4 is 5.97 Å². The van der Waals surface area contributed by atoms with Gasteiger partial charge in [-0.1, -0.05) is 0 Å². The molecule has 0 spiro atoms. The smallest absolute Gasteiger partial charge is 0.303 e. The monoisotopic (exact) mass is 228 g/mol. The molecule has 0 unspecified atom stereocenters. The van der Waals surface area contributed by atoms with E-state index in [9.17, 15) is 4.79 Å². The van der Waals surface area contributed by atoms with Gasteiger partial charge in [0.05, 0.1) is 0 Å². The Kier molecular flexibility index (Phi) is 5.77. The number of aliphatic carboxylic acids is 1. The Morgan fingerprint density at radius 3 is 2.50 bits per heavy atom. The summed E-state index contributed by atoms with van der Waals surface area (Å²) in [7, 11) is 4.25. The van der Waals surface area contributed by atoms with Crippen molar-refractivity contribution in [2.24, 2.45) is 5.92 Å². The van der Waals surface area contributed by atoms with E-state index in [0.29, 0.717) is 6.42 Å². The van der Waals surface area contributed by atoms with Crippen molar-refractivity contribution in [3.8, 4) is 0 Å². The minimum atomic E-state index is -0.678. The molecule has 94 valence electrons. The van der Waals surface area contributed by atoms with Crippen molar-refractivity contribution in [1.29, 1.82) is 0 Å². The maximum absolute atomic E-state index is 10.4. The van der Waals surface area contributed by atoms with Crippen LogP contribution >= 0.6 is 0 Å². The number of likely N-dealkylation sites (tertiary alicyclic amines) is 1. The zero-order valence-electron chi connectivity index (χ0n) is 10.5. The highest BCUT2D eigenvalue weighted by atomic mass is 16.4. The SMILES string of the molecule is CN(C)CC1CCN(CCCC(=O)O)CC1. The second-order valence-electron chi connectivity index (χ2n) is 5.04. The molecule has 0 aromatic carbocycles. The van der Waals surface area contributed by atoms with E-state index < -0.39 is 5.97 Å². The summed E-state index contributed by atoms with van der Waals surface area (Å²) in [6, 6.07) is 0. The van der Waals surface area contributed by atoms with Crippen molar-refractivity contribution in [3.05, 3.63) is 0 Å². The maximum atomic E-state index is 10.4. The van der Waals surface area contributed by atoms with Crippen molar-refractivity contribution < 1.29 is 9.90 Å². The predicted octanol–water partition coefficient (Wildman–Crippen LogP) is 1.12. The number of carbonyl (C=O) groups is 1. The van der Waals surface area contributed by atoms with Crippen molar-refractivity contribution in [1.82, 2.24) is 9.80 Å². The fraction of sp³-hybridized carbons (Fsp3) is 0.917. The normalized spacial score (nSPS) is 19.2. The van der Waals surface area contributed by atoms with Gasteiger partial charge < -0.3 is 14.9 Å². The van der Waals surface area contributed by atoms with Gasteiger partial charge in [-0.3, -0.25) is 4.79 Å². The van der Waals surface area contributed by atoms with E-state index in [1.165, 1.54) is 19.4 Å². The van der Waals surface area contributed by atoms with Gasteiger partial charge in [0.1, 0.15) is 0 Å². The Morgan fingerprint density at radius 2 is 2.00 bits per heavy atom. The first-order valence-electron chi connectivity index (χ1n) is 6.17. The molecule has 0 bridgehead atoms. The highest BCUT2D eigenvalue weighted by molar-refractivity contribution is 5.66. The largest absolute Gasteiger partial charge is 0.481 e. The van der Waals surface area contributed by atoms with Gasteiger partial charge in [-0.2, -0.15) is 0 Å². The van der Waals surface area contributed by atoms with Gasteiger partial charge in [-0.25, -0.2) is 0 Å². The van der Waals surface area contributed by atoms with Crippen LogP contribution in [0.5, 0.6) is 0 Å². The van der Waals surface area contributed by atoms with Gasteiger partial charge in [-0.05, 0) is 58.9 Å². The first-order valence-corrected chi connectivity index (χ1v) is 6.17. The highest BCUT2D eigenvalue weighted by Crippen LogP contribution is 2.17. The Labute approximate surface area is 98.2 Å². The Morgan fingerprint density at radius 1 is 1.38 bits per heavy atom. The van der Waals surface area contributed by atoms with Gasteiger partial charge in [0.25, 0.3) is 0 Å². The number of rotatable bonds is 6. The van der Waals surface area contributed by atoms with E-state index >= 15 is 0 Å². The fourth-order valence-corrected chi connectivity index (χ4v) is 2.36. The molecule has 1 heterocycles. The summed E-state index contributed by atoms with van der Waals surface area (Å²) >= 11 is 0. The van der Waals surface area contributed by atoms with Crippen LogP contribution in [-0.4, -0.2) is 61.2 Å². The molecule has 16 heavy (non-hydrogen) atoms. The highest BCUT2D eigenvalue weighted by Gasteiger charge is 2.19. The van der Waals surface area contributed by atoms with Crippen molar-refractivity contribution in [3.63, 3.8) is 0 Å². The number of piperidine rings is 1. The fourth-order valence-electron chi connectivity index (χ4n) is 2.36. The summed E-state index contributed by atoms with van der Waals surface area (Å²) in [5, 5.41) is 8.56. The molecule has 1 fully saturated rings. The second kappa shape index (κ2) is 6.86. The number of carboxylic acid groups (broad SMARTS) is 1. The summed E-state index contributed by atoms with van der Waals surface area (Å²) < 4.78 is 0. The zero-order chi connectivity index (χ0) is 12.0. The Bertz CT molecular complexity index is 211. The second-order valence-corrected chi connectivity index (χ2v) is 5.04. The van der Waals surface area contributed by atoms with E-state index in [1.54, 1.807) is 0 Å². The molecule has 1 aliphatic heterocycles. The topological polar surface area (TPSA) is 43.8 Å². The molecule has 0 atom stereocenters. The number of hydrogen-bond acceptors (Lipinski definition) is 3.